The Hall–Kier alpha value is -3.56. The van der Waals surface area contributed by atoms with Crippen molar-refractivity contribution in [3.05, 3.63) is 60.2 Å². The zero-order chi connectivity index (χ0) is 30.0. The fourth-order valence-corrected chi connectivity index (χ4v) is 4.21. The number of unbranched alkanes of at least 4 members (excludes halogenated alkanes) is 2. The van der Waals surface area contributed by atoms with E-state index in [0.717, 1.165) is 24.8 Å². The van der Waals surface area contributed by atoms with Crippen LogP contribution in [0, 0.1) is 0 Å². The minimum absolute atomic E-state index is 0.0294. The largest absolute Gasteiger partial charge is 0.573 e. The van der Waals surface area contributed by atoms with Crippen molar-refractivity contribution in [3.8, 4) is 22.8 Å². The van der Waals surface area contributed by atoms with Gasteiger partial charge in [-0.05, 0) is 68.5 Å². The molecule has 0 aliphatic carbocycles. The quantitative estimate of drug-likeness (QED) is 0.0729. The van der Waals surface area contributed by atoms with Crippen LogP contribution in [0.3, 0.4) is 0 Å². The van der Waals surface area contributed by atoms with Crippen molar-refractivity contribution in [2.24, 2.45) is 0 Å². The lowest BCUT2D eigenvalue weighted by Crippen LogP contribution is -2.18. The van der Waals surface area contributed by atoms with Gasteiger partial charge in [-0.3, -0.25) is 0 Å². The molecule has 0 amide bonds. The van der Waals surface area contributed by atoms with Gasteiger partial charge in [-0.2, -0.15) is 0 Å². The first-order chi connectivity index (χ1) is 19.4. The van der Waals surface area contributed by atoms with E-state index in [9.17, 15) is 26.7 Å². The summed E-state index contributed by atoms with van der Waals surface area (Å²) in [5, 5.41) is 0.635. The van der Waals surface area contributed by atoms with Crippen molar-refractivity contribution in [3.63, 3.8) is 0 Å². The summed E-state index contributed by atoms with van der Waals surface area (Å²) in [5.74, 6) is -3.29. The van der Waals surface area contributed by atoms with E-state index < -0.39 is 31.1 Å². The molecular weight excluding hydrogens is 547 g/mol. The third-order valence-corrected chi connectivity index (χ3v) is 6.32. The van der Waals surface area contributed by atoms with Crippen LogP contribution in [-0.4, -0.2) is 31.5 Å². The van der Waals surface area contributed by atoms with Crippen LogP contribution in [0.4, 0.5) is 22.0 Å². The molecule has 0 aliphatic heterocycles. The first kappa shape index (κ1) is 32.0. The highest BCUT2D eigenvalue weighted by atomic mass is 19.4. The fourth-order valence-electron chi connectivity index (χ4n) is 4.21. The van der Waals surface area contributed by atoms with E-state index in [1.165, 1.54) is 13.0 Å². The molecule has 41 heavy (non-hydrogen) atoms. The molecule has 0 fully saturated rings. The van der Waals surface area contributed by atoms with Crippen LogP contribution in [0.25, 0.3) is 22.3 Å². The van der Waals surface area contributed by atoms with Crippen LogP contribution in [0.2, 0.25) is 0 Å². The number of benzene rings is 2. The average molecular weight is 583 g/mol. The molecule has 0 spiro atoms. The van der Waals surface area contributed by atoms with Crippen molar-refractivity contribution in [1.29, 1.82) is 0 Å². The van der Waals surface area contributed by atoms with E-state index >= 15 is 0 Å². The second kappa shape index (κ2) is 14.4. The molecule has 5 nitrogen and oxygen atoms in total. The number of alkyl halides is 5. The van der Waals surface area contributed by atoms with Gasteiger partial charge in [-0.15, -0.1) is 13.2 Å². The number of esters is 1. The summed E-state index contributed by atoms with van der Waals surface area (Å²) in [7, 11) is 0. The molecule has 0 bridgehead atoms. The summed E-state index contributed by atoms with van der Waals surface area (Å²) in [6.45, 7) is 6.89. The van der Waals surface area contributed by atoms with E-state index in [1.807, 2.05) is 0 Å². The smallest absolute Gasteiger partial charge is 0.493 e. The lowest BCUT2D eigenvalue weighted by Gasteiger charge is -2.16. The molecule has 1 aromatic heterocycles. The number of rotatable bonds is 16. The van der Waals surface area contributed by atoms with Crippen molar-refractivity contribution in [2.75, 3.05) is 13.2 Å². The third kappa shape index (κ3) is 10.4. The number of furan rings is 1. The summed E-state index contributed by atoms with van der Waals surface area (Å²) in [4.78, 5) is 11.3. The van der Waals surface area contributed by atoms with Gasteiger partial charge >= 0.3 is 12.3 Å². The van der Waals surface area contributed by atoms with Crippen molar-refractivity contribution in [1.82, 2.24) is 0 Å². The lowest BCUT2D eigenvalue weighted by atomic mass is 10.0. The lowest BCUT2D eigenvalue weighted by molar-refractivity contribution is -0.274. The molecule has 0 unspecified atom stereocenters. The maximum Gasteiger partial charge on any atom is 0.573 e. The summed E-state index contributed by atoms with van der Waals surface area (Å²) >= 11 is 0. The number of ether oxygens (including phenoxy) is 3. The Balaban J connectivity index is 1.60. The number of carbonyl (C=O) groups excluding carboxylic acids is 1. The number of hydrogen-bond acceptors (Lipinski definition) is 5. The Morgan fingerprint density at radius 2 is 1.66 bits per heavy atom. The van der Waals surface area contributed by atoms with E-state index in [-0.39, 0.29) is 48.7 Å². The molecule has 0 radical (unpaired) electrons. The molecular formula is C31H35F5O5. The molecule has 1 heterocycles. The van der Waals surface area contributed by atoms with E-state index in [2.05, 4.69) is 18.2 Å². The molecule has 0 N–H and O–H groups in total. The molecule has 10 heteroatoms. The number of halogens is 5. The molecule has 0 aliphatic rings. The van der Waals surface area contributed by atoms with Gasteiger partial charge in [0, 0.05) is 29.9 Å². The Labute approximate surface area is 236 Å². The zero-order valence-electron chi connectivity index (χ0n) is 23.3. The topological polar surface area (TPSA) is 57.9 Å². The van der Waals surface area contributed by atoms with Gasteiger partial charge in [0.1, 0.15) is 22.8 Å². The van der Waals surface area contributed by atoms with Gasteiger partial charge in [0.2, 0.25) is 5.92 Å². The van der Waals surface area contributed by atoms with Gasteiger partial charge in [-0.1, -0.05) is 32.4 Å². The number of hydrogen-bond donors (Lipinski definition) is 0. The van der Waals surface area contributed by atoms with Crippen LogP contribution < -0.4 is 9.47 Å². The minimum Gasteiger partial charge on any atom is -0.493 e. The van der Waals surface area contributed by atoms with E-state index in [4.69, 9.17) is 13.9 Å². The predicted octanol–water partition coefficient (Wildman–Crippen LogP) is 9.42. The summed E-state index contributed by atoms with van der Waals surface area (Å²) in [5.41, 5.74) is 1.49. The van der Waals surface area contributed by atoms with E-state index in [1.54, 1.807) is 36.4 Å². The normalized spacial score (nSPS) is 12.0. The Bertz CT molecular complexity index is 1310. The SMILES string of the molecule is C=C(C)C(=O)OCCCC(F)(F)CCCOc1ccc2cc(-c3ccc(CCCCC)cc3OC(F)(F)F)oc2c1. The zero-order valence-corrected chi connectivity index (χ0v) is 23.3. The minimum atomic E-state index is -4.86. The van der Waals surface area contributed by atoms with Gasteiger partial charge < -0.3 is 18.6 Å². The van der Waals surface area contributed by atoms with Crippen molar-refractivity contribution >= 4 is 16.9 Å². The monoisotopic (exact) mass is 582 g/mol. The Kier molecular flexibility index (Phi) is 11.2. The maximum atomic E-state index is 14.1. The maximum absolute atomic E-state index is 14.1. The van der Waals surface area contributed by atoms with E-state index in [0.29, 0.717) is 23.1 Å². The van der Waals surface area contributed by atoms with Crippen molar-refractivity contribution < 1.29 is 45.4 Å². The van der Waals surface area contributed by atoms with Gasteiger partial charge in [-0.25, -0.2) is 13.6 Å². The molecule has 2 aromatic carbocycles. The van der Waals surface area contributed by atoms with Gasteiger partial charge in [0.15, 0.2) is 0 Å². The van der Waals surface area contributed by atoms with Crippen LogP contribution in [0.1, 0.15) is 64.4 Å². The first-order valence-corrected chi connectivity index (χ1v) is 13.6. The number of carbonyl (C=O) groups is 1. The average Bonchev–Trinajstić information content (AvgIpc) is 3.31. The van der Waals surface area contributed by atoms with Crippen LogP contribution >= 0.6 is 0 Å². The first-order valence-electron chi connectivity index (χ1n) is 13.6. The van der Waals surface area contributed by atoms with Crippen LogP contribution in [-0.2, 0) is 16.0 Å². The molecule has 0 atom stereocenters. The number of fused-ring (bicyclic) bond motifs is 1. The Morgan fingerprint density at radius 1 is 0.927 bits per heavy atom. The highest BCUT2D eigenvalue weighted by Crippen LogP contribution is 2.38. The van der Waals surface area contributed by atoms with Crippen LogP contribution in [0.5, 0.6) is 11.5 Å². The molecule has 224 valence electrons. The third-order valence-electron chi connectivity index (χ3n) is 6.32. The Morgan fingerprint density at radius 3 is 2.34 bits per heavy atom. The second-order valence-corrected chi connectivity index (χ2v) is 9.97. The highest BCUT2D eigenvalue weighted by molar-refractivity contribution is 5.87. The molecule has 3 rings (SSSR count). The second-order valence-electron chi connectivity index (χ2n) is 9.97. The van der Waals surface area contributed by atoms with Gasteiger partial charge in [0.25, 0.3) is 0 Å². The molecule has 0 saturated carbocycles. The number of aryl methyl sites for hydroxylation is 1. The standard InChI is InChI=1S/C31H35F5O5/c1-4-5-6-9-22-10-13-25(28(18-22)41-31(34,35)36)27-19-23-11-12-24(20-26(23)40-27)38-16-7-14-30(32,33)15-8-17-39-29(37)21(2)3/h10-13,18-20H,2,4-9,14-17H2,1,3H3. The molecule has 3 aromatic rings. The summed E-state index contributed by atoms with van der Waals surface area (Å²) in [6.07, 6.45) is -2.09. The summed E-state index contributed by atoms with van der Waals surface area (Å²) in [6, 6.07) is 11.2. The fraction of sp³-hybridized carbons (Fsp3) is 0.452. The highest BCUT2D eigenvalue weighted by Gasteiger charge is 2.33. The predicted molar refractivity (Wildman–Crippen MR) is 146 cm³/mol. The molecule has 0 saturated heterocycles. The van der Waals surface area contributed by atoms with Crippen molar-refractivity contribution in [2.45, 2.75) is 77.5 Å². The van der Waals surface area contributed by atoms with Crippen LogP contribution in [0.15, 0.2) is 59.0 Å². The summed E-state index contributed by atoms with van der Waals surface area (Å²) < 4.78 is 88.3. The van der Waals surface area contributed by atoms with Gasteiger partial charge in [0.05, 0.1) is 18.8 Å².